The van der Waals surface area contributed by atoms with Crippen LogP contribution in [0.2, 0.25) is 5.04 Å². The van der Waals surface area contributed by atoms with Gasteiger partial charge in [-0.2, -0.15) is 0 Å². The number of nitrogens with one attached hydrogen (secondary N) is 2. The number of H-pyrrole nitrogens is 1. The van der Waals surface area contributed by atoms with E-state index in [2.05, 4.69) is 36.0 Å². The van der Waals surface area contributed by atoms with Crippen molar-refractivity contribution in [3.8, 4) is 0 Å². The first-order chi connectivity index (χ1) is 28.7. The predicted molar refractivity (Wildman–Crippen MR) is 234 cm³/mol. The summed E-state index contributed by atoms with van der Waals surface area (Å²) in [6.07, 6.45) is 0.0635. The Balaban J connectivity index is 1.19. The number of hydrogen-bond donors (Lipinski definition) is 2. The van der Waals surface area contributed by atoms with Gasteiger partial charge < -0.3 is 14.3 Å². The molecule has 3 heterocycles. The quantitative estimate of drug-likeness (QED) is 0.0848. The van der Waals surface area contributed by atoms with E-state index in [1.807, 2.05) is 115 Å². The average Bonchev–Trinajstić information content (AvgIpc) is 3.57. The molecule has 0 spiro atoms. The fourth-order valence-electron chi connectivity index (χ4n) is 10.3. The van der Waals surface area contributed by atoms with Crippen molar-refractivity contribution in [1.82, 2.24) is 15.2 Å². The molecule has 8 rings (SSSR count). The third kappa shape index (κ3) is 8.11. The molecule has 314 valence electrons. The van der Waals surface area contributed by atoms with E-state index in [-0.39, 0.29) is 17.9 Å². The fraction of sp³-hybridized carbons (Fsp3) is 0.360. The van der Waals surface area contributed by atoms with Crippen LogP contribution in [0.4, 0.5) is 22.0 Å². The van der Waals surface area contributed by atoms with Crippen molar-refractivity contribution in [2.45, 2.75) is 75.4 Å². The average molecular weight is 836 g/mol. The van der Waals surface area contributed by atoms with Gasteiger partial charge in [0, 0.05) is 65.7 Å². The summed E-state index contributed by atoms with van der Waals surface area (Å²) >= 11 is 0. The zero-order valence-corrected chi connectivity index (χ0v) is 35.8. The highest BCUT2D eigenvalue weighted by Gasteiger charge is 2.53. The third-order valence-corrected chi connectivity index (χ3v) is 17.7. The van der Waals surface area contributed by atoms with E-state index in [9.17, 15) is 4.39 Å². The van der Waals surface area contributed by atoms with Crippen LogP contribution in [0.1, 0.15) is 80.4 Å². The zero-order valence-electron chi connectivity index (χ0n) is 34.8. The molecule has 0 unspecified atom stereocenters. The van der Waals surface area contributed by atoms with Gasteiger partial charge in [-0.15, -0.1) is 0 Å². The van der Waals surface area contributed by atoms with Crippen LogP contribution in [-0.2, 0) is 10.8 Å². The number of nitrogens with zero attached hydrogens (tertiary/aromatic N) is 1. The van der Waals surface area contributed by atoms with Gasteiger partial charge in [0.05, 0.1) is 19.3 Å². The second-order valence-electron chi connectivity index (χ2n) is 18.2. The summed E-state index contributed by atoms with van der Waals surface area (Å²) in [6, 6.07) is 38.3. The van der Waals surface area contributed by atoms with Gasteiger partial charge in [-0.3, -0.25) is 9.71 Å². The first-order valence-electron chi connectivity index (χ1n) is 21.0. The van der Waals surface area contributed by atoms with Crippen molar-refractivity contribution >= 4 is 29.6 Å². The van der Waals surface area contributed by atoms with Crippen LogP contribution in [-0.4, -0.2) is 62.6 Å². The Kier molecular flexibility index (Phi) is 11.7. The third-order valence-electron chi connectivity index (χ3n) is 12.7. The lowest BCUT2D eigenvalue weighted by Crippen LogP contribution is -2.67. The second kappa shape index (κ2) is 16.7. The molecule has 0 amide bonds. The van der Waals surface area contributed by atoms with Gasteiger partial charge >= 0.3 is 0 Å². The molecular weight excluding hydrogens is 782 g/mol. The van der Waals surface area contributed by atoms with Crippen LogP contribution in [0.5, 0.6) is 0 Å². The van der Waals surface area contributed by atoms with Gasteiger partial charge in [-0.25, -0.2) is 17.6 Å². The molecule has 2 aliphatic rings. The number of halogens is 5. The van der Waals surface area contributed by atoms with Crippen LogP contribution in [0.15, 0.2) is 127 Å². The molecule has 1 saturated heterocycles. The Labute approximate surface area is 351 Å². The summed E-state index contributed by atoms with van der Waals surface area (Å²) < 4.78 is 86.6. The highest BCUT2D eigenvalue weighted by molar-refractivity contribution is 6.99. The molecule has 0 bridgehead atoms. The van der Waals surface area contributed by atoms with Gasteiger partial charge in [0.25, 0.3) is 14.2 Å². The lowest BCUT2D eigenvalue weighted by Gasteiger charge is -2.46. The van der Waals surface area contributed by atoms with E-state index in [1.54, 1.807) is 6.92 Å². The van der Waals surface area contributed by atoms with E-state index in [1.165, 1.54) is 6.07 Å². The van der Waals surface area contributed by atoms with Crippen molar-refractivity contribution in [2.24, 2.45) is 5.92 Å². The van der Waals surface area contributed by atoms with Crippen molar-refractivity contribution in [2.75, 3.05) is 32.9 Å². The number of rotatable bonds is 14. The van der Waals surface area contributed by atoms with Crippen molar-refractivity contribution < 1.29 is 26.4 Å². The number of aromatic amines is 1. The van der Waals surface area contributed by atoms with Crippen LogP contribution in [0.25, 0.3) is 10.9 Å². The van der Waals surface area contributed by atoms with Gasteiger partial charge in [0.1, 0.15) is 11.6 Å². The molecule has 3 atom stereocenters. The Morgan fingerprint density at radius 2 is 1.43 bits per heavy atom. The van der Waals surface area contributed by atoms with Crippen LogP contribution >= 0.6 is 0 Å². The lowest BCUT2D eigenvalue weighted by molar-refractivity contribution is -0.0705. The van der Waals surface area contributed by atoms with Crippen molar-refractivity contribution in [3.63, 3.8) is 0 Å². The zero-order chi connectivity index (χ0) is 42.3. The van der Waals surface area contributed by atoms with Gasteiger partial charge in [0.15, 0.2) is 0 Å². The summed E-state index contributed by atoms with van der Waals surface area (Å²) in [5, 5.41) is 5.76. The number of aromatic nitrogens is 1. The first-order valence-corrected chi connectivity index (χ1v) is 22.9. The summed E-state index contributed by atoms with van der Waals surface area (Å²) in [7, 11) is -3.30. The van der Waals surface area contributed by atoms with Gasteiger partial charge in [-0.1, -0.05) is 130 Å². The van der Waals surface area contributed by atoms with Gasteiger partial charge in [-0.05, 0) is 69.9 Å². The molecule has 10 heteroatoms. The van der Waals surface area contributed by atoms with E-state index in [0.29, 0.717) is 37.3 Å². The molecule has 5 aromatic carbocycles. The standard InChI is InChI=1S/C50H54F5N3OSi/c1-48(2,3)60(37-19-10-6-11-20-37,38-21-12-7-13-22-38)59-33-50(54,55)32-49(4)29-41-39-23-14-15-24-43(39)56-46(41)47(57-49)45-40(27-36(52)28-42(45)53)44(34-17-8-5-9-18-34)35-30-58(31-35)26-16-25-51/h5-15,17-24,27-28,35,44,47,56-57H,16,25-26,29-33H2,1-4H3/t44-,47+,49+/m1/s1. The van der Waals surface area contributed by atoms with E-state index >= 15 is 17.6 Å². The molecule has 0 saturated carbocycles. The Hall–Kier alpha value is -4.61. The Bertz CT molecular complexity index is 2360. The molecule has 60 heavy (non-hydrogen) atoms. The number of benzene rings is 5. The summed E-state index contributed by atoms with van der Waals surface area (Å²) in [4.78, 5) is 5.69. The molecule has 4 nitrogen and oxygen atoms in total. The normalized spacial score (nSPS) is 19.6. The molecule has 1 aromatic heterocycles. The summed E-state index contributed by atoms with van der Waals surface area (Å²) in [5.74, 6) is -5.17. The van der Waals surface area contributed by atoms with E-state index in [4.69, 9.17) is 4.43 Å². The lowest BCUT2D eigenvalue weighted by atomic mass is 9.72. The Morgan fingerprint density at radius 3 is 2.05 bits per heavy atom. The monoisotopic (exact) mass is 835 g/mol. The number of alkyl halides is 3. The summed E-state index contributed by atoms with van der Waals surface area (Å²) in [5.41, 5.74) is 2.68. The van der Waals surface area contributed by atoms with Crippen LogP contribution in [0.3, 0.4) is 0 Å². The molecular formula is C50H54F5N3OSi. The fourth-order valence-corrected chi connectivity index (χ4v) is 14.8. The minimum Gasteiger partial charge on any atom is -0.401 e. The number of hydrogen-bond acceptors (Lipinski definition) is 3. The smallest absolute Gasteiger partial charge is 0.271 e. The maximum atomic E-state index is 17.1. The minimum atomic E-state index is -3.31. The number of para-hydroxylation sites is 1. The molecule has 2 aliphatic heterocycles. The van der Waals surface area contributed by atoms with Crippen LogP contribution < -0.4 is 15.7 Å². The van der Waals surface area contributed by atoms with E-state index in [0.717, 1.165) is 38.5 Å². The van der Waals surface area contributed by atoms with Crippen LogP contribution in [0, 0.1) is 17.6 Å². The molecule has 6 aromatic rings. The maximum Gasteiger partial charge on any atom is 0.271 e. The van der Waals surface area contributed by atoms with Gasteiger partial charge in [0.2, 0.25) is 0 Å². The first kappa shape index (κ1) is 42.1. The molecule has 2 N–H and O–H groups in total. The largest absolute Gasteiger partial charge is 0.401 e. The number of fused-ring (bicyclic) bond motifs is 3. The Morgan fingerprint density at radius 1 is 0.833 bits per heavy atom. The molecule has 1 fully saturated rings. The SMILES string of the molecule is CC(C)(C)[Si](OCC(F)(F)C[C@]1(C)Cc2c([nH]c3ccccc23)[C@H](c2c(F)cc(F)cc2[C@H](c2ccccc2)C2CN(CCCF)C2)N1)(c1ccccc1)c1ccccc1. The van der Waals surface area contributed by atoms with Crippen molar-refractivity contribution in [1.29, 1.82) is 0 Å². The second-order valence-corrected chi connectivity index (χ2v) is 22.5. The number of likely N-dealkylation sites (tertiary alicyclic amines) is 1. The summed E-state index contributed by atoms with van der Waals surface area (Å²) in [6.45, 7) is 8.64. The minimum absolute atomic E-state index is 0.00733. The highest BCUT2D eigenvalue weighted by atomic mass is 28.4. The predicted octanol–water partition coefficient (Wildman–Crippen LogP) is 10.5. The van der Waals surface area contributed by atoms with E-state index < -0.39 is 68.1 Å². The maximum absolute atomic E-state index is 17.1. The highest BCUT2D eigenvalue weighted by Crippen LogP contribution is 2.48. The molecule has 0 radical (unpaired) electrons. The molecule has 0 aliphatic carbocycles. The van der Waals surface area contributed by atoms with Crippen molar-refractivity contribution in [3.05, 3.63) is 167 Å². The topological polar surface area (TPSA) is 40.3 Å².